The third-order valence-corrected chi connectivity index (χ3v) is 5.77. The molecule has 2 aliphatic heterocycles. The molecule has 2 heterocycles. The number of hydrogen-bond acceptors (Lipinski definition) is 6. The molecule has 8 nitrogen and oxygen atoms in total. The van der Waals surface area contributed by atoms with E-state index in [4.69, 9.17) is 8.84 Å². The van der Waals surface area contributed by atoms with Gasteiger partial charge in [-0.25, -0.2) is 4.79 Å². The Balaban J connectivity index is 1.51. The van der Waals surface area contributed by atoms with Gasteiger partial charge in [0.2, 0.25) is 5.91 Å². The molecule has 3 rings (SSSR count). The fourth-order valence-corrected chi connectivity index (χ4v) is 4.46. The normalized spacial score (nSPS) is 35.1. The molecular weight excluding hydrogens is 332 g/mol. The topological polar surface area (TPSA) is 94.1 Å². The summed E-state index contributed by atoms with van der Waals surface area (Å²) in [5, 5.41) is 7.45. The summed E-state index contributed by atoms with van der Waals surface area (Å²) in [6.07, 6.45) is 4.41. The largest absolute Gasteiger partial charge is 0.352 e. The predicted molar refractivity (Wildman–Crippen MR) is 89.9 cm³/mol. The minimum absolute atomic E-state index is 0.0685. The van der Waals surface area contributed by atoms with Crippen molar-refractivity contribution in [1.82, 2.24) is 20.6 Å². The van der Waals surface area contributed by atoms with Gasteiger partial charge < -0.3 is 20.1 Å². The molecule has 9 heteroatoms. The average molecular weight is 358 g/mol. The molecule has 3 amide bonds. The van der Waals surface area contributed by atoms with Crippen molar-refractivity contribution < 1.29 is 18.4 Å². The first-order valence-electron chi connectivity index (χ1n) is 8.50. The molecule has 3 fully saturated rings. The Labute approximate surface area is 146 Å². The molecule has 24 heavy (non-hydrogen) atoms. The second-order valence-electron chi connectivity index (χ2n) is 7.43. The van der Waals surface area contributed by atoms with Gasteiger partial charge in [0.15, 0.2) is 12.3 Å². The minimum atomic E-state index is -0.435. The van der Waals surface area contributed by atoms with Gasteiger partial charge in [0.25, 0.3) is 0 Å². The zero-order valence-electron chi connectivity index (χ0n) is 14.2. The molecule has 0 aromatic rings. The Morgan fingerprint density at radius 2 is 2.21 bits per heavy atom. The Kier molecular flexibility index (Phi) is 5.24. The van der Waals surface area contributed by atoms with E-state index < -0.39 is 6.04 Å². The van der Waals surface area contributed by atoms with E-state index in [1.165, 1.54) is 5.06 Å². The van der Waals surface area contributed by atoms with E-state index in [2.05, 4.69) is 17.6 Å². The third kappa shape index (κ3) is 3.35. The highest BCUT2D eigenvalue weighted by Crippen LogP contribution is 2.43. The molecular formula is C15H26N4O4S. The van der Waals surface area contributed by atoms with Crippen LogP contribution in [-0.2, 0) is 9.08 Å². The first-order valence-corrected chi connectivity index (χ1v) is 9.20. The van der Waals surface area contributed by atoms with Crippen LogP contribution in [0.4, 0.5) is 4.79 Å². The monoisotopic (exact) mass is 358 g/mol. The molecule has 1 saturated carbocycles. The average Bonchev–Trinajstić information content (AvgIpc) is 2.77. The van der Waals surface area contributed by atoms with Crippen molar-refractivity contribution in [2.24, 2.45) is 5.41 Å². The number of urea groups is 1. The predicted octanol–water partition coefficient (Wildman–Crippen LogP) is 1.20. The highest BCUT2D eigenvalue weighted by molar-refractivity contribution is 7.88. The van der Waals surface area contributed by atoms with Crippen LogP contribution < -0.4 is 10.6 Å². The van der Waals surface area contributed by atoms with Crippen molar-refractivity contribution in [1.29, 1.82) is 0 Å². The van der Waals surface area contributed by atoms with E-state index in [1.807, 2.05) is 7.05 Å². The second kappa shape index (κ2) is 7.07. The molecule has 2 bridgehead atoms. The van der Waals surface area contributed by atoms with Crippen LogP contribution in [0.1, 0.15) is 39.0 Å². The van der Waals surface area contributed by atoms with E-state index >= 15 is 0 Å². The highest BCUT2D eigenvalue weighted by Gasteiger charge is 2.49. The Morgan fingerprint density at radius 1 is 1.46 bits per heavy atom. The van der Waals surface area contributed by atoms with Crippen LogP contribution >= 0.6 is 12.3 Å². The Hall–Kier alpha value is -1.03. The zero-order valence-corrected chi connectivity index (χ0v) is 15.0. The van der Waals surface area contributed by atoms with Crippen molar-refractivity contribution in [2.45, 2.75) is 57.2 Å². The summed E-state index contributed by atoms with van der Waals surface area (Å²) < 4.78 is 13.7. The van der Waals surface area contributed by atoms with Crippen LogP contribution in [0.3, 0.4) is 0 Å². The molecule has 3 N–H and O–H groups in total. The standard InChI is InChI=1S/C15H26N4O4S/c1-15(5-6-16-2)7-10(8-15)17-13(20)12-4-3-11-9-18(12)14(21)19(11)23-24-22/h10-12,16,22H,3-9H2,1-2H3,(H,17,20)/t10?,11-,12+,15?/m1/s1. The maximum absolute atomic E-state index is 12.6. The van der Waals surface area contributed by atoms with Crippen LogP contribution in [0.2, 0.25) is 0 Å². The summed E-state index contributed by atoms with van der Waals surface area (Å²) in [6.45, 7) is 3.72. The van der Waals surface area contributed by atoms with Crippen LogP contribution in [-0.4, -0.2) is 64.7 Å². The lowest BCUT2D eigenvalue weighted by molar-refractivity contribution is -0.128. The maximum atomic E-state index is 12.6. The lowest BCUT2D eigenvalue weighted by atomic mass is 9.65. The number of hydroxylamine groups is 2. The van der Waals surface area contributed by atoms with Crippen LogP contribution in [0.25, 0.3) is 0 Å². The highest BCUT2D eigenvalue weighted by atomic mass is 32.2. The Morgan fingerprint density at radius 3 is 2.88 bits per heavy atom. The van der Waals surface area contributed by atoms with Crippen LogP contribution in [0.15, 0.2) is 0 Å². The number of amides is 3. The van der Waals surface area contributed by atoms with Gasteiger partial charge in [0.1, 0.15) is 6.04 Å². The molecule has 136 valence electrons. The molecule has 3 aliphatic rings. The van der Waals surface area contributed by atoms with Crippen molar-refractivity contribution in [3.63, 3.8) is 0 Å². The second-order valence-corrected chi connectivity index (χ2v) is 7.73. The number of nitrogens with one attached hydrogen (secondary N) is 2. The number of piperidine rings is 1. The summed E-state index contributed by atoms with van der Waals surface area (Å²) in [5.41, 5.74) is 0.297. The fraction of sp³-hybridized carbons (Fsp3) is 0.867. The number of nitrogens with zero attached hydrogens (tertiary/aromatic N) is 2. The number of rotatable bonds is 7. The summed E-state index contributed by atoms with van der Waals surface area (Å²) in [5.74, 6) is -0.0685. The smallest absolute Gasteiger partial charge is 0.346 e. The summed E-state index contributed by atoms with van der Waals surface area (Å²) in [7, 11) is 1.95. The van der Waals surface area contributed by atoms with E-state index in [1.54, 1.807) is 4.90 Å². The van der Waals surface area contributed by atoms with Crippen molar-refractivity contribution >= 4 is 24.3 Å². The fourth-order valence-electron chi connectivity index (χ4n) is 4.20. The third-order valence-electron chi connectivity index (χ3n) is 5.54. The first-order chi connectivity index (χ1) is 11.5. The molecule has 0 radical (unpaired) electrons. The molecule has 2 saturated heterocycles. The first kappa shape index (κ1) is 17.8. The van der Waals surface area contributed by atoms with Gasteiger partial charge in [0.05, 0.1) is 6.04 Å². The van der Waals surface area contributed by atoms with E-state index in [9.17, 15) is 9.59 Å². The van der Waals surface area contributed by atoms with Gasteiger partial charge in [-0.1, -0.05) is 6.92 Å². The Bertz CT molecular complexity index is 500. The lowest BCUT2D eigenvalue weighted by Crippen LogP contribution is -2.56. The van der Waals surface area contributed by atoms with Gasteiger partial charge >= 0.3 is 6.03 Å². The van der Waals surface area contributed by atoms with Crippen molar-refractivity contribution in [2.75, 3.05) is 20.1 Å². The van der Waals surface area contributed by atoms with Gasteiger partial charge in [-0.15, -0.1) is 0 Å². The van der Waals surface area contributed by atoms with Gasteiger partial charge in [-0.05, 0) is 51.1 Å². The van der Waals surface area contributed by atoms with E-state index in [0.717, 1.165) is 25.8 Å². The molecule has 0 spiro atoms. The summed E-state index contributed by atoms with van der Waals surface area (Å²) in [6, 6.07) is -0.660. The molecule has 2 atom stereocenters. The minimum Gasteiger partial charge on any atom is -0.352 e. The molecule has 1 aliphatic carbocycles. The quantitative estimate of drug-likeness (QED) is 0.592. The van der Waals surface area contributed by atoms with E-state index in [0.29, 0.717) is 24.8 Å². The van der Waals surface area contributed by atoms with E-state index in [-0.39, 0.29) is 36.3 Å². The number of carbonyl (C=O) groups is 2. The number of carbonyl (C=O) groups excluding carboxylic acids is 2. The van der Waals surface area contributed by atoms with Crippen LogP contribution in [0.5, 0.6) is 0 Å². The number of hydrogen-bond donors (Lipinski definition) is 3. The van der Waals surface area contributed by atoms with Gasteiger partial charge in [-0.3, -0.25) is 4.79 Å². The zero-order chi connectivity index (χ0) is 17.3. The SMILES string of the molecule is CNCCC1(C)CC(NC(=O)[C@@H]2CC[C@@H]3CN2C(=O)N3OSO)C1. The molecule has 0 aromatic heterocycles. The number of fused-ring (bicyclic) bond motifs is 2. The van der Waals surface area contributed by atoms with Crippen LogP contribution in [0, 0.1) is 5.41 Å². The molecule has 0 aromatic carbocycles. The van der Waals surface area contributed by atoms with Gasteiger partial charge in [0, 0.05) is 12.6 Å². The maximum Gasteiger partial charge on any atom is 0.346 e. The van der Waals surface area contributed by atoms with Crippen molar-refractivity contribution in [3.8, 4) is 0 Å². The summed E-state index contributed by atoms with van der Waals surface area (Å²) in [4.78, 5) is 26.4. The molecule has 0 unspecified atom stereocenters. The van der Waals surface area contributed by atoms with Gasteiger partial charge in [-0.2, -0.15) is 9.35 Å². The summed E-state index contributed by atoms with van der Waals surface area (Å²) >= 11 is 0.164. The lowest BCUT2D eigenvalue weighted by Gasteiger charge is -2.46. The van der Waals surface area contributed by atoms with Crippen molar-refractivity contribution in [3.05, 3.63) is 0 Å².